The maximum atomic E-state index is 4.11. The quantitative estimate of drug-likeness (QED) is 0.875. The third-order valence-electron chi connectivity index (χ3n) is 2.83. The fraction of sp³-hybridized carbons (Fsp3) is 0.462. The van der Waals surface area contributed by atoms with E-state index in [2.05, 4.69) is 53.7 Å². The zero-order valence-electron chi connectivity index (χ0n) is 11.1. The Hall–Kier alpha value is -1.75. The lowest BCUT2D eigenvalue weighted by Gasteiger charge is -2.13. The van der Waals surface area contributed by atoms with Crippen LogP contribution >= 0.6 is 0 Å². The van der Waals surface area contributed by atoms with Gasteiger partial charge in [0.15, 0.2) is 5.82 Å². The summed E-state index contributed by atoms with van der Waals surface area (Å²) < 4.78 is 1.79. The lowest BCUT2D eigenvalue weighted by atomic mass is 10.2. The Kier molecular flexibility index (Phi) is 4.04. The van der Waals surface area contributed by atoms with Gasteiger partial charge in [-0.05, 0) is 54.9 Å². The molecule has 0 aliphatic carbocycles. The Balaban J connectivity index is 2.27. The van der Waals surface area contributed by atoms with Crippen LogP contribution in [-0.2, 0) is 0 Å². The monoisotopic (exact) mass is 245 g/mol. The van der Waals surface area contributed by atoms with Crippen molar-refractivity contribution in [1.82, 2.24) is 25.5 Å². The number of benzene rings is 1. The maximum absolute atomic E-state index is 4.11. The third-order valence-corrected chi connectivity index (χ3v) is 2.83. The molecule has 0 radical (unpaired) electrons. The van der Waals surface area contributed by atoms with Gasteiger partial charge in [0.1, 0.15) is 0 Å². The number of tetrazole rings is 1. The fourth-order valence-electron chi connectivity index (χ4n) is 1.86. The highest BCUT2D eigenvalue weighted by Crippen LogP contribution is 2.14. The highest BCUT2D eigenvalue weighted by atomic mass is 15.5. The number of aromatic nitrogens is 4. The van der Waals surface area contributed by atoms with Gasteiger partial charge in [-0.3, -0.25) is 0 Å². The topological polar surface area (TPSA) is 55.6 Å². The predicted molar refractivity (Wildman–Crippen MR) is 70.6 cm³/mol. The number of hydrogen-bond donors (Lipinski definition) is 1. The van der Waals surface area contributed by atoms with Gasteiger partial charge in [0.25, 0.3) is 0 Å². The van der Waals surface area contributed by atoms with Crippen molar-refractivity contribution in [2.45, 2.75) is 33.2 Å². The van der Waals surface area contributed by atoms with Crippen molar-refractivity contribution >= 4 is 0 Å². The summed E-state index contributed by atoms with van der Waals surface area (Å²) in [5.74, 6) is 0.842. The van der Waals surface area contributed by atoms with Crippen molar-refractivity contribution in [3.63, 3.8) is 0 Å². The Morgan fingerprint density at radius 1 is 1.39 bits per heavy atom. The number of aryl methyl sites for hydroxylation is 1. The van der Waals surface area contributed by atoms with E-state index in [1.165, 1.54) is 5.56 Å². The summed E-state index contributed by atoms with van der Waals surface area (Å²) in [6, 6.07) is 8.30. The van der Waals surface area contributed by atoms with E-state index < -0.39 is 0 Å². The molecule has 0 fully saturated rings. The van der Waals surface area contributed by atoms with Gasteiger partial charge in [-0.2, -0.15) is 4.68 Å². The van der Waals surface area contributed by atoms with Crippen LogP contribution in [0.4, 0.5) is 0 Å². The Labute approximate surface area is 107 Å². The highest BCUT2D eigenvalue weighted by molar-refractivity contribution is 5.35. The largest absolute Gasteiger partial charge is 0.307 e. The van der Waals surface area contributed by atoms with Gasteiger partial charge in [-0.15, -0.1) is 5.10 Å². The first-order valence-electron chi connectivity index (χ1n) is 6.31. The number of nitrogens with zero attached hydrogens (tertiary/aromatic N) is 4. The summed E-state index contributed by atoms with van der Waals surface area (Å²) in [5.41, 5.74) is 2.20. The molecule has 18 heavy (non-hydrogen) atoms. The Morgan fingerprint density at radius 3 is 2.94 bits per heavy atom. The minimum atomic E-state index is 0.139. The molecule has 2 aromatic rings. The second-order valence-electron chi connectivity index (χ2n) is 4.46. The molecule has 1 N–H and O–H groups in total. The predicted octanol–water partition coefficient (Wildman–Crippen LogP) is 2.03. The van der Waals surface area contributed by atoms with E-state index in [9.17, 15) is 0 Å². The molecule has 0 spiro atoms. The summed E-state index contributed by atoms with van der Waals surface area (Å²) >= 11 is 0. The van der Waals surface area contributed by atoms with Gasteiger partial charge >= 0.3 is 0 Å². The van der Waals surface area contributed by atoms with Crippen molar-refractivity contribution in [3.8, 4) is 5.69 Å². The van der Waals surface area contributed by atoms with E-state index in [0.29, 0.717) is 0 Å². The summed E-state index contributed by atoms with van der Waals surface area (Å²) in [6.07, 6.45) is 1.09. The molecular formula is C13H19N5. The lowest BCUT2D eigenvalue weighted by molar-refractivity contribution is 0.531. The molecule has 1 heterocycles. The van der Waals surface area contributed by atoms with Gasteiger partial charge in [-0.25, -0.2) is 0 Å². The molecule has 0 saturated heterocycles. The van der Waals surface area contributed by atoms with Gasteiger partial charge in [-0.1, -0.05) is 19.1 Å². The molecule has 1 aromatic carbocycles. The van der Waals surface area contributed by atoms with Crippen LogP contribution in [0, 0.1) is 6.92 Å². The summed E-state index contributed by atoms with van der Waals surface area (Å²) in [4.78, 5) is 0. The number of hydrogen-bond acceptors (Lipinski definition) is 4. The highest BCUT2D eigenvalue weighted by Gasteiger charge is 2.14. The Morgan fingerprint density at radius 2 is 2.22 bits per heavy atom. The Bertz CT molecular complexity index is 506. The SMILES string of the molecule is CCCNC(C)c1nnnn1-c1cccc(C)c1. The molecule has 0 aliphatic heterocycles. The van der Waals surface area contributed by atoms with Crippen LogP contribution in [0.5, 0.6) is 0 Å². The normalized spacial score (nSPS) is 12.6. The number of rotatable bonds is 5. The molecule has 0 bridgehead atoms. The average molecular weight is 245 g/mol. The number of nitrogens with one attached hydrogen (secondary N) is 1. The zero-order valence-corrected chi connectivity index (χ0v) is 11.1. The van der Waals surface area contributed by atoms with Gasteiger partial charge < -0.3 is 5.32 Å². The van der Waals surface area contributed by atoms with Gasteiger partial charge in [0.05, 0.1) is 11.7 Å². The van der Waals surface area contributed by atoms with Crippen LogP contribution in [0.1, 0.15) is 37.7 Å². The van der Waals surface area contributed by atoms with Crippen LogP contribution in [0.15, 0.2) is 24.3 Å². The molecule has 0 amide bonds. The molecule has 96 valence electrons. The minimum Gasteiger partial charge on any atom is -0.307 e. The summed E-state index contributed by atoms with van der Waals surface area (Å²) in [6.45, 7) is 7.24. The van der Waals surface area contributed by atoms with E-state index in [-0.39, 0.29) is 6.04 Å². The van der Waals surface area contributed by atoms with E-state index in [4.69, 9.17) is 0 Å². The second kappa shape index (κ2) is 5.73. The molecule has 1 aromatic heterocycles. The molecule has 0 saturated carbocycles. The summed E-state index contributed by atoms with van der Waals surface area (Å²) in [7, 11) is 0. The van der Waals surface area contributed by atoms with Crippen molar-refractivity contribution in [2.24, 2.45) is 0 Å². The van der Waals surface area contributed by atoms with Crippen molar-refractivity contribution < 1.29 is 0 Å². The van der Waals surface area contributed by atoms with Gasteiger partial charge in [0.2, 0.25) is 0 Å². The molecule has 5 heteroatoms. The first-order valence-corrected chi connectivity index (χ1v) is 6.31. The molecule has 5 nitrogen and oxygen atoms in total. The summed E-state index contributed by atoms with van der Waals surface area (Å²) in [5, 5.41) is 15.4. The fourth-order valence-corrected chi connectivity index (χ4v) is 1.86. The van der Waals surface area contributed by atoms with Crippen molar-refractivity contribution in [1.29, 1.82) is 0 Å². The molecule has 0 aliphatic rings. The molecular weight excluding hydrogens is 226 g/mol. The van der Waals surface area contributed by atoms with E-state index in [1.54, 1.807) is 4.68 Å². The lowest BCUT2D eigenvalue weighted by Crippen LogP contribution is -2.22. The minimum absolute atomic E-state index is 0.139. The third kappa shape index (κ3) is 2.73. The average Bonchev–Trinajstić information content (AvgIpc) is 2.85. The van der Waals surface area contributed by atoms with Crippen LogP contribution in [0.3, 0.4) is 0 Å². The van der Waals surface area contributed by atoms with Crippen LogP contribution in [0.25, 0.3) is 5.69 Å². The van der Waals surface area contributed by atoms with E-state index in [0.717, 1.165) is 24.5 Å². The van der Waals surface area contributed by atoms with Crippen LogP contribution in [0.2, 0.25) is 0 Å². The molecule has 1 atom stereocenters. The standard InChI is InChI=1S/C13H19N5/c1-4-8-14-11(3)13-15-16-17-18(13)12-7-5-6-10(2)9-12/h5-7,9,11,14H,4,8H2,1-3H3. The molecule has 1 unspecified atom stereocenters. The molecule has 2 rings (SSSR count). The van der Waals surface area contributed by atoms with Crippen molar-refractivity contribution in [2.75, 3.05) is 6.54 Å². The van der Waals surface area contributed by atoms with E-state index >= 15 is 0 Å². The first-order chi connectivity index (χ1) is 8.72. The van der Waals surface area contributed by atoms with Crippen LogP contribution in [-0.4, -0.2) is 26.8 Å². The van der Waals surface area contributed by atoms with E-state index in [1.807, 2.05) is 12.1 Å². The zero-order chi connectivity index (χ0) is 13.0. The van der Waals surface area contributed by atoms with Crippen molar-refractivity contribution in [3.05, 3.63) is 35.7 Å². The second-order valence-corrected chi connectivity index (χ2v) is 4.46. The van der Waals surface area contributed by atoms with Gasteiger partial charge in [0, 0.05) is 0 Å². The maximum Gasteiger partial charge on any atom is 0.173 e. The first kappa shape index (κ1) is 12.7. The smallest absolute Gasteiger partial charge is 0.173 e. The van der Waals surface area contributed by atoms with Crippen LogP contribution < -0.4 is 5.32 Å².